The number of quaternary nitrogens is 1. The summed E-state index contributed by atoms with van der Waals surface area (Å²) in [5.74, 6) is 0. The lowest BCUT2D eigenvalue weighted by molar-refractivity contribution is -0.892. The number of nitrogens with zero attached hydrogens (tertiary/aromatic N) is 3. The Bertz CT molecular complexity index is 697. The van der Waals surface area contributed by atoms with E-state index in [0.717, 1.165) is 11.0 Å². The summed E-state index contributed by atoms with van der Waals surface area (Å²) in [5, 5.41) is 14.8. The van der Waals surface area contributed by atoms with Gasteiger partial charge < -0.3 is 24.7 Å². The Hall–Kier alpha value is -2.25. The van der Waals surface area contributed by atoms with Crippen molar-refractivity contribution < 1.29 is 9.57 Å². The molecule has 0 radical (unpaired) electrons. The first kappa shape index (κ1) is 19.1. The van der Waals surface area contributed by atoms with Gasteiger partial charge in [0.15, 0.2) is 0 Å². The van der Waals surface area contributed by atoms with Crippen LogP contribution in [0.4, 0.5) is 11.4 Å². The van der Waals surface area contributed by atoms with Gasteiger partial charge >= 0.3 is 0 Å². The second-order valence-corrected chi connectivity index (χ2v) is 7.92. The maximum Gasteiger partial charge on any atom is 0.104 e. The molecule has 1 unspecified atom stereocenters. The Labute approximate surface area is 152 Å². The SMILES string of the molecule is CC(CN1c2ccccc2Sc2ccccc21)[N+](C)(C)C.O=[N+]([O-])[O-]. The maximum absolute atomic E-state index is 8.25. The molecule has 25 heavy (non-hydrogen) atoms. The normalized spacial score (nSPS) is 13.8. The highest BCUT2D eigenvalue weighted by atomic mass is 32.2. The van der Waals surface area contributed by atoms with Gasteiger partial charge in [-0.1, -0.05) is 36.0 Å². The minimum Gasteiger partial charge on any atom is -0.356 e. The zero-order valence-corrected chi connectivity index (χ0v) is 15.7. The number of rotatable bonds is 3. The van der Waals surface area contributed by atoms with Crippen LogP contribution in [-0.4, -0.2) is 43.3 Å². The average molecular weight is 361 g/mol. The minimum absolute atomic E-state index is 0.550. The quantitative estimate of drug-likeness (QED) is 0.467. The Balaban J connectivity index is 0.000000511. The fourth-order valence-electron chi connectivity index (χ4n) is 2.49. The molecule has 1 aliphatic heterocycles. The number of hydrogen-bond donors (Lipinski definition) is 0. The Morgan fingerprint density at radius 2 is 1.40 bits per heavy atom. The van der Waals surface area contributed by atoms with Crippen LogP contribution in [-0.2, 0) is 0 Å². The summed E-state index contributed by atoms with van der Waals surface area (Å²) in [4.78, 5) is 13.4. The molecule has 6 nitrogen and oxygen atoms in total. The number of benzene rings is 2. The molecule has 0 aliphatic carbocycles. The van der Waals surface area contributed by atoms with E-state index in [-0.39, 0.29) is 0 Å². The largest absolute Gasteiger partial charge is 0.356 e. The number of likely N-dealkylation sites (N-methyl/N-ethyl adjacent to an activating group) is 1. The van der Waals surface area contributed by atoms with Crippen molar-refractivity contribution in [2.75, 3.05) is 32.6 Å². The summed E-state index contributed by atoms with van der Waals surface area (Å²) >= 11 is 1.87. The van der Waals surface area contributed by atoms with Gasteiger partial charge in [0.05, 0.1) is 44.1 Å². The molecule has 2 aromatic rings. The zero-order chi connectivity index (χ0) is 18.6. The van der Waals surface area contributed by atoms with E-state index in [1.165, 1.54) is 21.2 Å². The topological polar surface area (TPSA) is 69.4 Å². The number of hydrogen-bond acceptors (Lipinski definition) is 5. The predicted molar refractivity (Wildman–Crippen MR) is 102 cm³/mol. The van der Waals surface area contributed by atoms with Gasteiger partial charge in [0, 0.05) is 9.79 Å². The van der Waals surface area contributed by atoms with E-state index in [4.69, 9.17) is 15.3 Å². The van der Waals surface area contributed by atoms with Gasteiger partial charge in [0.2, 0.25) is 0 Å². The van der Waals surface area contributed by atoms with Gasteiger partial charge in [-0.3, -0.25) is 0 Å². The zero-order valence-electron chi connectivity index (χ0n) is 14.9. The van der Waals surface area contributed by atoms with Crippen molar-refractivity contribution in [2.45, 2.75) is 22.8 Å². The Kier molecular flexibility index (Phi) is 5.92. The van der Waals surface area contributed by atoms with Gasteiger partial charge in [-0.15, -0.1) is 0 Å². The molecular weight excluding hydrogens is 338 g/mol. The van der Waals surface area contributed by atoms with Crippen LogP contribution in [0.15, 0.2) is 58.3 Å². The number of fused-ring (bicyclic) bond motifs is 2. The predicted octanol–water partition coefficient (Wildman–Crippen LogP) is 4.14. The number of anilines is 2. The lowest BCUT2D eigenvalue weighted by Crippen LogP contribution is -2.49. The molecule has 0 spiro atoms. The van der Waals surface area contributed by atoms with E-state index in [1.54, 1.807) is 0 Å². The van der Waals surface area contributed by atoms with Crippen LogP contribution < -0.4 is 4.90 Å². The first-order valence-electron chi connectivity index (χ1n) is 7.96. The highest BCUT2D eigenvalue weighted by molar-refractivity contribution is 7.99. The summed E-state index contributed by atoms with van der Waals surface area (Å²) in [5.41, 5.74) is 2.67. The van der Waals surface area contributed by atoms with Crippen molar-refractivity contribution in [3.05, 3.63) is 63.9 Å². The molecular formula is C18H23N3O3S. The third-order valence-corrected chi connectivity index (χ3v) is 5.43. The van der Waals surface area contributed by atoms with Crippen molar-refractivity contribution in [3.63, 3.8) is 0 Å². The third-order valence-electron chi connectivity index (χ3n) is 4.30. The molecule has 1 atom stereocenters. The van der Waals surface area contributed by atoms with Gasteiger partial charge in [0.25, 0.3) is 0 Å². The van der Waals surface area contributed by atoms with Crippen molar-refractivity contribution in [2.24, 2.45) is 0 Å². The molecule has 2 aromatic carbocycles. The van der Waals surface area contributed by atoms with E-state index in [1.807, 2.05) is 11.8 Å². The van der Waals surface area contributed by atoms with Crippen LogP contribution in [0.3, 0.4) is 0 Å². The average Bonchev–Trinajstić information content (AvgIpc) is 2.53. The Morgan fingerprint density at radius 1 is 1.00 bits per heavy atom. The van der Waals surface area contributed by atoms with E-state index in [2.05, 4.69) is 81.5 Å². The van der Waals surface area contributed by atoms with Crippen molar-refractivity contribution in [3.8, 4) is 0 Å². The molecule has 7 heteroatoms. The lowest BCUT2D eigenvalue weighted by Gasteiger charge is -2.39. The lowest BCUT2D eigenvalue weighted by atomic mass is 10.1. The van der Waals surface area contributed by atoms with Crippen LogP contribution in [0.1, 0.15) is 6.92 Å². The monoisotopic (exact) mass is 361 g/mol. The molecule has 1 heterocycles. The summed E-state index contributed by atoms with van der Waals surface area (Å²) < 4.78 is 0.966. The molecule has 0 amide bonds. The molecule has 0 bridgehead atoms. The van der Waals surface area contributed by atoms with Crippen LogP contribution in [0.5, 0.6) is 0 Å². The van der Waals surface area contributed by atoms with Crippen LogP contribution >= 0.6 is 11.8 Å². The van der Waals surface area contributed by atoms with E-state index in [9.17, 15) is 0 Å². The second-order valence-electron chi connectivity index (χ2n) is 6.84. The summed E-state index contributed by atoms with van der Waals surface area (Å²) in [7, 11) is 6.80. The Morgan fingerprint density at radius 3 is 1.80 bits per heavy atom. The number of para-hydroxylation sites is 2. The highest BCUT2D eigenvalue weighted by Gasteiger charge is 2.28. The molecule has 3 rings (SSSR count). The van der Waals surface area contributed by atoms with Gasteiger partial charge in [-0.05, 0) is 31.2 Å². The minimum atomic E-state index is -1.75. The first-order chi connectivity index (χ1) is 11.7. The molecule has 0 aromatic heterocycles. The maximum atomic E-state index is 8.25. The second kappa shape index (κ2) is 7.76. The van der Waals surface area contributed by atoms with Gasteiger partial charge in [0.1, 0.15) is 6.04 Å². The molecule has 0 N–H and O–H groups in total. The third kappa shape index (κ3) is 4.87. The van der Waals surface area contributed by atoms with Gasteiger partial charge in [-0.25, -0.2) is 0 Å². The van der Waals surface area contributed by atoms with Crippen LogP contribution in [0, 0.1) is 15.3 Å². The molecule has 1 aliphatic rings. The highest BCUT2D eigenvalue weighted by Crippen LogP contribution is 2.47. The summed E-state index contributed by atoms with van der Waals surface area (Å²) in [6.45, 7) is 3.35. The van der Waals surface area contributed by atoms with Crippen molar-refractivity contribution in [1.82, 2.24) is 0 Å². The van der Waals surface area contributed by atoms with Crippen molar-refractivity contribution >= 4 is 23.1 Å². The molecule has 0 saturated carbocycles. The summed E-state index contributed by atoms with van der Waals surface area (Å²) in [6, 6.07) is 18.0. The molecule has 0 fully saturated rings. The molecule has 134 valence electrons. The van der Waals surface area contributed by atoms with E-state index < -0.39 is 5.09 Å². The van der Waals surface area contributed by atoms with Crippen LogP contribution in [0.25, 0.3) is 0 Å². The fraction of sp³-hybridized carbons (Fsp3) is 0.333. The van der Waals surface area contributed by atoms with E-state index >= 15 is 0 Å². The standard InChI is InChI=1S/C18H23N2S.NO3/c1-14(20(2,3)4)13-19-15-9-5-7-11-17(15)21-18-12-8-6-10-16(18)19;2-1(3)4/h5-12,14H,13H2,1-4H3;/q+1;-1. The van der Waals surface area contributed by atoms with Gasteiger partial charge in [-0.2, -0.15) is 0 Å². The molecule has 0 saturated heterocycles. The van der Waals surface area contributed by atoms with Crippen molar-refractivity contribution in [1.29, 1.82) is 0 Å². The first-order valence-corrected chi connectivity index (χ1v) is 8.78. The fourth-order valence-corrected chi connectivity index (χ4v) is 3.58. The van der Waals surface area contributed by atoms with E-state index in [0.29, 0.717) is 6.04 Å². The smallest absolute Gasteiger partial charge is 0.104 e. The van der Waals surface area contributed by atoms with Crippen LogP contribution in [0.2, 0.25) is 0 Å². The summed E-state index contributed by atoms with van der Waals surface area (Å²) in [6.07, 6.45) is 0.